The maximum absolute atomic E-state index is 15.0. The highest BCUT2D eigenvalue weighted by Crippen LogP contribution is 2.40. The summed E-state index contributed by atoms with van der Waals surface area (Å²) in [5, 5.41) is 0.648. The lowest BCUT2D eigenvalue weighted by Crippen LogP contribution is -2.54. The zero-order valence-electron chi connectivity index (χ0n) is 23.9. The van der Waals surface area contributed by atoms with Crippen molar-refractivity contribution < 1.29 is 9.18 Å². The quantitative estimate of drug-likeness (QED) is 0.199. The third kappa shape index (κ3) is 4.82. The number of fused-ring (bicyclic) bond motifs is 1. The standard InChI is InChI=1S/C32H30ClFN6O2/c1-7-25(41)39-15-14-38(17-20(39)5)30-22-16-23(33)27(21-10-8-9-11-24(21)34)37-31(22)40(32(42)28(30)35-6)29-19(4)12-13-36-26(29)18(2)3/h7-13,16,18,20H,1,14-15,17H2,2-5H3/t20-/m1/s1. The molecule has 5 rings (SSSR count). The number of hydrogen-bond acceptors (Lipinski definition) is 5. The van der Waals surface area contributed by atoms with Gasteiger partial charge < -0.3 is 9.80 Å². The Hall–Kier alpha value is -4.55. The Kier molecular flexibility index (Phi) is 7.85. The van der Waals surface area contributed by atoms with Crippen LogP contribution in [0.2, 0.25) is 5.02 Å². The molecule has 10 heteroatoms. The van der Waals surface area contributed by atoms with Crippen molar-refractivity contribution in [2.75, 3.05) is 24.5 Å². The van der Waals surface area contributed by atoms with Crippen molar-refractivity contribution in [1.82, 2.24) is 19.4 Å². The van der Waals surface area contributed by atoms with Crippen molar-refractivity contribution >= 4 is 39.9 Å². The fourth-order valence-electron chi connectivity index (χ4n) is 5.62. The number of hydrogen-bond donors (Lipinski definition) is 0. The number of amides is 1. The number of carbonyl (C=O) groups is 1. The monoisotopic (exact) mass is 584 g/mol. The van der Waals surface area contributed by atoms with Gasteiger partial charge in [0.15, 0.2) is 0 Å². The average Bonchev–Trinajstić information content (AvgIpc) is 2.96. The van der Waals surface area contributed by atoms with Crippen LogP contribution in [0, 0.1) is 19.3 Å². The Morgan fingerprint density at radius 3 is 2.62 bits per heavy atom. The highest BCUT2D eigenvalue weighted by atomic mass is 35.5. The van der Waals surface area contributed by atoms with Gasteiger partial charge in [-0.2, -0.15) is 0 Å². The Labute approximate surface area is 248 Å². The minimum absolute atomic E-state index is 0.0485. The summed E-state index contributed by atoms with van der Waals surface area (Å²) in [5.74, 6) is -0.733. The maximum atomic E-state index is 15.0. The van der Waals surface area contributed by atoms with Crippen LogP contribution in [-0.2, 0) is 4.79 Å². The van der Waals surface area contributed by atoms with Crippen LogP contribution in [0.5, 0.6) is 0 Å². The van der Waals surface area contributed by atoms with Gasteiger partial charge in [0.25, 0.3) is 11.2 Å². The minimum atomic E-state index is -0.558. The predicted octanol–water partition coefficient (Wildman–Crippen LogP) is 6.45. The Morgan fingerprint density at radius 2 is 1.98 bits per heavy atom. The van der Waals surface area contributed by atoms with Crippen molar-refractivity contribution in [2.24, 2.45) is 0 Å². The first kappa shape index (κ1) is 29.0. The molecule has 1 aliphatic heterocycles. The molecule has 8 nitrogen and oxygen atoms in total. The SMILES string of the molecule is [C-]#[N+]c1c(N2CCN(C(=O)C=C)[C@H](C)C2)c2cc(Cl)c(-c3ccccc3F)nc2n(-c2c(C)ccnc2C(C)C)c1=O. The van der Waals surface area contributed by atoms with E-state index >= 15 is 0 Å². The number of rotatable bonds is 5. The molecule has 4 aromatic rings. The maximum Gasteiger partial charge on any atom is 0.274 e. The number of nitrogens with zero attached hydrogens (tertiary/aromatic N) is 6. The van der Waals surface area contributed by atoms with E-state index in [1.54, 1.807) is 41.4 Å². The van der Waals surface area contributed by atoms with E-state index in [1.807, 2.05) is 32.6 Å². The third-order valence-electron chi connectivity index (χ3n) is 7.62. The molecule has 1 atom stereocenters. The molecule has 4 heterocycles. The second-order valence-electron chi connectivity index (χ2n) is 10.7. The molecule has 1 amide bonds. The van der Waals surface area contributed by atoms with Gasteiger partial charge in [-0.15, -0.1) is 0 Å². The molecule has 0 bridgehead atoms. The van der Waals surface area contributed by atoms with E-state index in [0.717, 1.165) is 5.56 Å². The van der Waals surface area contributed by atoms with Crippen LogP contribution in [-0.4, -0.2) is 51.0 Å². The van der Waals surface area contributed by atoms with Crippen molar-refractivity contribution in [1.29, 1.82) is 0 Å². The first-order valence-electron chi connectivity index (χ1n) is 13.6. The highest BCUT2D eigenvalue weighted by molar-refractivity contribution is 6.34. The molecule has 0 saturated carbocycles. The summed E-state index contributed by atoms with van der Waals surface area (Å²) in [6, 6.07) is 9.41. The van der Waals surface area contributed by atoms with Gasteiger partial charge in [-0.1, -0.05) is 44.2 Å². The van der Waals surface area contributed by atoms with E-state index in [9.17, 15) is 14.0 Å². The predicted molar refractivity (Wildman–Crippen MR) is 164 cm³/mol. The van der Waals surface area contributed by atoms with Gasteiger partial charge in [0.2, 0.25) is 5.91 Å². The molecule has 214 valence electrons. The summed E-state index contributed by atoms with van der Waals surface area (Å²) in [7, 11) is 0. The molecule has 3 aromatic heterocycles. The third-order valence-corrected chi connectivity index (χ3v) is 7.91. The second kappa shape index (κ2) is 11.4. The van der Waals surface area contributed by atoms with Gasteiger partial charge in [0.05, 0.1) is 34.4 Å². The molecule has 0 aliphatic carbocycles. The summed E-state index contributed by atoms with van der Waals surface area (Å²) in [6.45, 7) is 20.6. The van der Waals surface area contributed by atoms with E-state index in [4.69, 9.17) is 23.2 Å². The Bertz CT molecular complexity index is 1840. The Morgan fingerprint density at radius 1 is 1.24 bits per heavy atom. The number of carbonyl (C=O) groups excluding carboxylic acids is 1. The minimum Gasteiger partial charge on any atom is -0.376 e. The molecule has 0 unspecified atom stereocenters. The summed E-state index contributed by atoms with van der Waals surface area (Å²) in [4.78, 5) is 43.6. The number of aryl methyl sites for hydroxylation is 1. The molecule has 1 aliphatic rings. The molecular weight excluding hydrogens is 555 g/mol. The number of piperazine rings is 1. The molecule has 0 spiro atoms. The zero-order chi connectivity index (χ0) is 30.3. The number of benzene rings is 1. The normalized spacial score (nSPS) is 15.2. The van der Waals surface area contributed by atoms with Gasteiger partial charge in [-0.25, -0.2) is 14.2 Å². The van der Waals surface area contributed by atoms with Crippen molar-refractivity contribution in [3.63, 3.8) is 0 Å². The molecule has 1 saturated heterocycles. The fraction of sp³-hybridized carbons (Fsp3) is 0.281. The topological polar surface area (TPSA) is 75.7 Å². The van der Waals surface area contributed by atoms with Crippen molar-refractivity contribution in [3.8, 4) is 16.9 Å². The largest absolute Gasteiger partial charge is 0.376 e. The van der Waals surface area contributed by atoms with E-state index in [0.29, 0.717) is 42.1 Å². The average molecular weight is 585 g/mol. The van der Waals surface area contributed by atoms with Gasteiger partial charge >= 0.3 is 0 Å². The van der Waals surface area contributed by atoms with Crippen molar-refractivity contribution in [2.45, 2.75) is 39.7 Å². The fourth-order valence-corrected chi connectivity index (χ4v) is 5.87. The zero-order valence-corrected chi connectivity index (χ0v) is 24.6. The first-order chi connectivity index (χ1) is 20.1. The van der Waals surface area contributed by atoms with Crippen LogP contribution in [0.1, 0.15) is 37.9 Å². The van der Waals surface area contributed by atoms with Gasteiger partial charge in [-0.05, 0) is 55.7 Å². The molecule has 1 aromatic carbocycles. The van der Waals surface area contributed by atoms with Crippen LogP contribution >= 0.6 is 11.6 Å². The summed E-state index contributed by atoms with van der Waals surface area (Å²) < 4.78 is 16.4. The number of pyridine rings is 3. The van der Waals surface area contributed by atoms with Crippen LogP contribution in [0.3, 0.4) is 0 Å². The number of aromatic nitrogens is 3. The van der Waals surface area contributed by atoms with E-state index < -0.39 is 11.4 Å². The summed E-state index contributed by atoms with van der Waals surface area (Å²) in [5.41, 5.74) is 2.32. The lowest BCUT2D eigenvalue weighted by molar-refractivity contribution is -0.128. The smallest absolute Gasteiger partial charge is 0.274 e. The first-order valence-corrected chi connectivity index (χ1v) is 14.0. The van der Waals surface area contributed by atoms with Crippen LogP contribution in [0.4, 0.5) is 15.8 Å². The lowest BCUT2D eigenvalue weighted by atomic mass is 10.0. The number of halogens is 2. The van der Waals surface area contributed by atoms with E-state index in [1.165, 1.54) is 16.7 Å². The van der Waals surface area contributed by atoms with Gasteiger partial charge in [-0.3, -0.25) is 19.1 Å². The van der Waals surface area contributed by atoms with Crippen molar-refractivity contribution in [3.05, 3.63) is 99.1 Å². The lowest BCUT2D eigenvalue weighted by Gasteiger charge is -2.41. The summed E-state index contributed by atoms with van der Waals surface area (Å²) >= 11 is 6.79. The molecular formula is C32H30ClFN6O2. The molecule has 42 heavy (non-hydrogen) atoms. The van der Waals surface area contributed by atoms with Crippen LogP contribution in [0.15, 0.2) is 60.0 Å². The second-order valence-corrected chi connectivity index (χ2v) is 11.1. The van der Waals surface area contributed by atoms with Gasteiger partial charge in [0.1, 0.15) is 11.5 Å². The van der Waals surface area contributed by atoms with Gasteiger partial charge in [0, 0.05) is 42.8 Å². The Balaban J connectivity index is 1.89. The van der Waals surface area contributed by atoms with E-state index in [-0.39, 0.29) is 45.5 Å². The molecule has 1 fully saturated rings. The molecule has 0 N–H and O–H groups in total. The molecule has 0 radical (unpaired) electrons. The van der Waals surface area contributed by atoms with E-state index in [2.05, 4.69) is 16.4 Å². The van der Waals surface area contributed by atoms with Crippen LogP contribution < -0.4 is 10.5 Å². The highest BCUT2D eigenvalue weighted by Gasteiger charge is 2.32. The van der Waals surface area contributed by atoms with Crippen LogP contribution in [0.25, 0.3) is 32.8 Å². The summed E-state index contributed by atoms with van der Waals surface area (Å²) in [6.07, 6.45) is 2.97. The number of anilines is 1.